The Kier molecular flexibility index (Phi) is 5.12. The standard InChI is InChI=1S/C19H14ClF3N2O3S/c20-14-7-11(19(21,22)23)4-5-15(14)28-12-6-10-2-1-3-13(18(10)24-9-12)16-8-17(26)25-29(16)27/h4-9,13H,1-3H2,(H,25,26). The Bertz CT molecular complexity index is 1060. The summed E-state index contributed by atoms with van der Waals surface area (Å²) in [6, 6.07) is 4.62. The molecule has 2 unspecified atom stereocenters. The summed E-state index contributed by atoms with van der Waals surface area (Å²) in [4.78, 5) is 16.4. The number of nitrogens with one attached hydrogen (secondary N) is 1. The maximum atomic E-state index is 12.8. The van der Waals surface area contributed by atoms with E-state index in [2.05, 4.69) is 9.71 Å². The molecule has 4 rings (SSSR count). The second-order valence-electron chi connectivity index (χ2n) is 6.69. The van der Waals surface area contributed by atoms with Crippen molar-refractivity contribution in [1.82, 2.24) is 9.71 Å². The summed E-state index contributed by atoms with van der Waals surface area (Å²) in [5, 5.41) is -0.161. The average molecular weight is 443 g/mol. The summed E-state index contributed by atoms with van der Waals surface area (Å²) in [7, 11) is -1.56. The van der Waals surface area contributed by atoms with Crippen molar-refractivity contribution < 1.29 is 26.9 Å². The van der Waals surface area contributed by atoms with E-state index < -0.39 is 22.7 Å². The van der Waals surface area contributed by atoms with E-state index in [1.165, 1.54) is 12.3 Å². The number of fused-ring (bicyclic) bond motifs is 1. The molecule has 1 aliphatic heterocycles. The SMILES string of the molecule is O=C1C=C(C2CCCc3cc(Oc4ccc(C(F)(F)F)cc4Cl)cnc32)S(=O)N1. The molecule has 1 N–H and O–H groups in total. The van der Waals surface area contributed by atoms with Crippen molar-refractivity contribution >= 4 is 28.5 Å². The Hall–Kier alpha value is -2.39. The molecule has 0 saturated heterocycles. The number of hydrogen-bond donors (Lipinski definition) is 1. The largest absolute Gasteiger partial charge is 0.454 e. The Labute approximate surface area is 171 Å². The summed E-state index contributed by atoms with van der Waals surface area (Å²) in [6.07, 6.45) is 0.556. The van der Waals surface area contributed by atoms with Crippen molar-refractivity contribution in [3.05, 3.63) is 63.3 Å². The van der Waals surface area contributed by atoms with E-state index in [0.717, 1.165) is 48.7 Å². The van der Waals surface area contributed by atoms with Crippen molar-refractivity contribution in [2.75, 3.05) is 0 Å². The summed E-state index contributed by atoms with van der Waals surface area (Å²) < 4.78 is 58.4. The highest BCUT2D eigenvalue weighted by molar-refractivity contribution is 7.88. The second kappa shape index (κ2) is 7.46. The van der Waals surface area contributed by atoms with Crippen LogP contribution >= 0.6 is 11.6 Å². The Balaban J connectivity index is 1.60. The minimum absolute atomic E-state index is 0.0863. The van der Waals surface area contributed by atoms with Gasteiger partial charge in [-0.05, 0) is 49.1 Å². The van der Waals surface area contributed by atoms with Gasteiger partial charge in [0.2, 0.25) is 0 Å². The zero-order valence-electron chi connectivity index (χ0n) is 14.8. The lowest BCUT2D eigenvalue weighted by molar-refractivity contribution is -0.137. The molecule has 1 aromatic carbocycles. The molecule has 1 amide bonds. The van der Waals surface area contributed by atoms with E-state index in [9.17, 15) is 22.2 Å². The van der Waals surface area contributed by atoms with Gasteiger partial charge >= 0.3 is 6.18 Å². The molecule has 5 nitrogen and oxygen atoms in total. The van der Waals surface area contributed by atoms with Crippen LogP contribution in [0.2, 0.25) is 5.02 Å². The van der Waals surface area contributed by atoms with Gasteiger partial charge in [0, 0.05) is 12.0 Å². The maximum absolute atomic E-state index is 12.8. The second-order valence-corrected chi connectivity index (χ2v) is 8.31. The highest BCUT2D eigenvalue weighted by Crippen LogP contribution is 2.40. The molecule has 1 aliphatic carbocycles. The number of hydrogen-bond acceptors (Lipinski definition) is 4. The van der Waals surface area contributed by atoms with Gasteiger partial charge in [0.25, 0.3) is 5.91 Å². The van der Waals surface area contributed by atoms with E-state index in [-0.39, 0.29) is 22.6 Å². The quantitative estimate of drug-likeness (QED) is 0.751. The first kappa shape index (κ1) is 19.9. The molecule has 2 atom stereocenters. The first-order valence-electron chi connectivity index (χ1n) is 8.70. The minimum Gasteiger partial charge on any atom is -0.454 e. The number of amides is 1. The third-order valence-electron chi connectivity index (χ3n) is 4.76. The van der Waals surface area contributed by atoms with Crippen molar-refractivity contribution in [2.45, 2.75) is 31.4 Å². The van der Waals surface area contributed by atoms with Gasteiger partial charge < -0.3 is 4.74 Å². The van der Waals surface area contributed by atoms with Crippen molar-refractivity contribution in [2.24, 2.45) is 0 Å². The van der Waals surface area contributed by atoms with Crippen LogP contribution in [0.3, 0.4) is 0 Å². The summed E-state index contributed by atoms with van der Waals surface area (Å²) >= 11 is 5.94. The number of carbonyl (C=O) groups excluding carboxylic acids is 1. The normalized spacial score (nSPS) is 21.4. The highest BCUT2D eigenvalue weighted by Gasteiger charge is 2.33. The van der Waals surface area contributed by atoms with Crippen molar-refractivity contribution in [1.29, 1.82) is 0 Å². The lowest BCUT2D eigenvalue weighted by atomic mass is 9.86. The maximum Gasteiger partial charge on any atom is 0.416 e. The Morgan fingerprint density at radius 1 is 1.28 bits per heavy atom. The fraction of sp³-hybridized carbons (Fsp3) is 0.263. The number of ether oxygens (including phenoxy) is 1. The number of nitrogens with zero attached hydrogens (tertiary/aromatic N) is 1. The summed E-state index contributed by atoms with van der Waals surface area (Å²) in [5.41, 5.74) is 0.736. The van der Waals surface area contributed by atoms with Gasteiger partial charge in [0.1, 0.15) is 22.5 Å². The predicted octanol–water partition coefficient (Wildman–Crippen LogP) is 4.64. The molecule has 2 heterocycles. The average Bonchev–Trinajstić information content (AvgIpc) is 3.00. The lowest BCUT2D eigenvalue weighted by Crippen LogP contribution is -2.20. The van der Waals surface area contributed by atoms with E-state index >= 15 is 0 Å². The molecular weight excluding hydrogens is 429 g/mol. The summed E-state index contributed by atoms with van der Waals surface area (Å²) in [5.74, 6) is -0.199. The van der Waals surface area contributed by atoms with Crippen LogP contribution in [0.5, 0.6) is 11.5 Å². The molecule has 2 aromatic rings. The van der Waals surface area contributed by atoms with Gasteiger partial charge in [-0.25, -0.2) is 4.21 Å². The molecule has 1 aromatic heterocycles. The smallest absolute Gasteiger partial charge is 0.416 e. The number of halogens is 4. The molecule has 0 radical (unpaired) electrons. The monoisotopic (exact) mass is 442 g/mol. The molecule has 0 fully saturated rings. The van der Waals surface area contributed by atoms with Crippen LogP contribution in [-0.2, 0) is 28.4 Å². The van der Waals surface area contributed by atoms with Gasteiger partial charge in [0.15, 0.2) is 0 Å². The number of carbonyl (C=O) groups is 1. The van der Waals surface area contributed by atoms with Crippen LogP contribution in [0.15, 0.2) is 41.4 Å². The van der Waals surface area contributed by atoms with Crippen LogP contribution in [0.4, 0.5) is 13.2 Å². The van der Waals surface area contributed by atoms with Crippen LogP contribution in [0, 0.1) is 0 Å². The van der Waals surface area contributed by atoms with Crippen LogP contribution < -0.4 is 9.46 Å². The molecule has 0 saturated carbocycles. The first-order chi connectivity index (χ1) is 13.7. The van der Waals surface area contributed by atoms with Gasteiger partial charge in [0.05, 0.1) is 27.4 Å². The van der Waals surface area contributed by atoms with E-state index in [1.807, 2.05) is 0 Å². The minimum atomic E-state index is -4.49. The number of benzene rings is 1. The fourth-order valence-electron chi connectivity index (χ4n) is 3.46. The first-order valence-corrected chi connectivity index (χ1v) is 10.2. The zero-order valence-corrected chi connectivity index (χ0v) is 16.3. The number of pyridine rings is 1. The summed E-state index contributed by atoms with van der Waals surface area (Å²) in [6.45, 7) is 0. The van der Waals surface area contributed by atoms with Crippen LogP contribution in [-0.4, -0.2) is 15.1 Å². The van der Waals surface area contributed by atoms with Crippen molar-refractivity contribution in [3.8, 4) is 11.5 Å². The predicted molar refractivity (Wildman–Crippen MR) is 101 cm³/mol. The third kappa shape index (κ3) is 4.02. The van der Waals surface area contributed by atoms with Crippen LogP contribution in [0.1, 0.15) is 35.6 Å². The van der Waals surface area contributed by atoms with Gasteiger partial charge in [-0.15, -0.1) is 0 Å². The van der Waals surface area contributed by atoms with E-state index in [1.54, 1.807) is 6.07 Å². The topological polar surface area (TPSA) is 68.3 Å². The third-order valence-corrected chi connectivity index (χ3v) is 6.27. The molecule has 2 aliphatic rings. The number of aryl methyl sites for hydroxylation is 1. The molecule has 152 valence electrons. The Morgan fingerprint density at radius 2 is 2.07 bits per heavy atom. The number of rotatable bonds is 3. The molecule has 0 spiro atoms. The highest BCUT2D eigenvalue weighted by atomic mass is 35.5. The number of allylic oxidation sites excluding steroid dienone is 1. The molecule has 10 heteroatoms. The van der Waals surface area contributed by atoms with Crippen LogP contribution in [0.25, 0.3) is 0 Å². The van der Waals surface area contributed by atoms with Crippen molar-refractivity contribution in [3.63, 3.8) is 0 Å². The van der Waals surface area contributed by atoms with E-state index in [0.29, 0.717) is 10.7 Å². The number of aromatic nitrogens is 1. The zero-order chi connectivity index (χ0) is 20.8. The van der Waals surface area contributed by atoms with Gasteiger partial charge in [-0.2, -0.15) is 13.2 Å². The van der Waals surface area contributed by atoms with E-state index in [4.69, 9.17) is 16.3 Å². The molecule has 0 bridgehead atoms. The molecule has 29 heavy (non-hydrogen) atoms. The molecular formula is C19H14ClF3N2O3S. The van der Waals surface area contributed by atoms with Gasteiger partial charge in [-0.1, -0.05) is 11.6 Å². The van der Waals surface area contributed by atoms with Gasteiger partial charge in [-0.3, -0.25) is 14.5 Å². The number of alkyl halides is 3. The Morgan fingerprint density at radius 3 is 2.72 bits per heavy atom. The lowest BCUT2D eigenvalue weighted by Gasteiger charge is -2.25. The fourth-order valence-corrected chi connectivity index (χ4v) is 4.74.